The molecule has 3 aromatic rings. The van der Waals surface area contributed by atoms with Gasteiger partial charge in [-0.15, -0.1) is 0 Å². The molecule has 0 unspecified atom stereocenters. The molecule has 0 atom stereocenters. The number of carbonyl (C=O) groups excluding carboxylic acids is 1. The Morgan fingerprint density at radius 2 is 2.00 bits per heavy atom. The van der Waals surface area contributed by atoms with Gasteiger partial charge in [0.1, 0.15) is 11.3 Å². The van der Waals surface area contributed by atoms with Crippen LogP contribution in [0.3, 0.4) is 0 Å². The molecule has 9 heteroatoms. The first-order chi connectivity index (χ1) is 12.6. The second kappa shape index (κ2) is 7.18. The van der Waals surface area contributed by atoms with Crippen LogP contribution in [0.1, 0.15) is 17.3 Å². The van der Waals surface area contributed by atoms with Gasteiger partial charge in [-0.05, 0) is 19.1 Å². The molecule has 3 rings (SSSR count). The largest absolute Gasteiger partial charge is 0.496 e. The highest BCUT2D eigenvalue weighted by Crippen LogP contribution is 2.28. The number of hydrogen-bond acceptors (Lipinski definition) is 9. The molecule has 2 aromatic heterocycles. The Bertz CT molecular complexity index is 977. The van der Waals surface area contributed by atoms with Gasteiger partial charge in [0.15, 0.2) is 11.2 Å². The Morgan fingerprint density at radius 3 is 2.69 bits per heavy atom. The van der Waals surface area contributed by atoms with Crippen molar-refractivity contribution in [3.05, 3.63) is 30.0 Å². The summed E-state index contributed by atoms with van der Waals surface area (Å²) in [5.74, 6) is 0.213. The van der Waals surface area contributed by atoms with Crippen LogP contribution in [0.2, 0.25) is 0 Å². The number of benzene rings is 1. The first-order valence-electron chi connectivity index (χ1n) is 7.77. The van der Waals surface area contributed by atoms with Crippen LogP contribution in [0.4, 0.5) is 5.95 Å². The highest BCUT2D eigenvalue weighted by Gasteiger charge is 2.16. The van der Waals surface area contributed by atoms with Crippen molar-refractivity contribution in [2.24, 2.45) is 0 Å². The van der Waals surface area contributed by atoms with Crippen molar-refractivity contribution < 1.29 is 19.0 Å². The quantitative estimate of drug-likeness (QED) is 0.683. The summed E-state index contributed by atoms with van der Waals surface area (Å²) in [5, 5.41) is 0. The van der Waals surface area contributed by atoms with E-state index in [-0.39, 0.29) is 11.8 Å². The average Bonchev–Trinajstić information content (AvgIpc) is 2.66. The van der Waals surface area contributed by atoms with Gasteiger partial charge >= 0.3 is 5.97 Å². The fourth-order valence-electron chi connectivity index (χ4n) is 2.40. The van der Waals surface area contributed by atoms with Gasteiger partial charge < -0.3 is 19.9 Å². The van der Waals surface area contributed by atoms with Crippen LogP contribution in [0, 0.1) is 0 Å². The molecule has 0 aliphatic rings. The maximum atomic E-state index is 11.8. The van der Waals surface area contributed by atoms with Gasteiger partial charge in [0.2, 0.25) is 11.8 Å². The topological polar surface area (TPSA) is 122 Å². The third kappa shape index (κ3) is 3.18. The smallest absolute Gasteiger partial charge is 0.341 e. The lowest BCUT2D eigenvalue weighted by molar-refractivity contribution is 0.0597. The summed E-state index contributed by atoms with van der Waals surface area (Å²) in [5.41, 5.74) is 7.96. The summed E-state index contributed by atoms with van der Waals surface area (Å²) in [6, 6.07) is 5.01. The molecule has 26 heavy (non-hydrogen) atoms. The molecule has 0 radical (unpaired) electrons. The number of esters is 1. The minimum Gasteiger partial charge on any atom is -0.496 e. The number of anilines is 1. The summed E-state index contributed by atoms with van der Waals surface area (Å²) in [6.45, 7) is 2.23. The van der Waals surface area contributed by atoms with E-state index >= 15 is 0 Å². The summed E-state index contributed by atoms with van der Waals surface area (Å²) >= 11 is 0. The minimum atomic E-state index is -0.486. The molecule has 2 heterocycles. The number of hydrogen-bond donors (Lipinski definition) is 1. The van der Waals surface area contributed by atoms with E-state index in [9.17, 15) is 4.79 Å². The van der Waals surface area contributed by atoms with Crippen molar-refractivity contribution in [2.45, 2.75) is 6.92 Å². The Hall–Kier alpha value is -3.49. The van der Waals surface area contributed by atoms with E-state index in [0.717, 1.165) is 0 Å². The normalized spacial score (nSPS) is 10.6. The number of nitrogen functional groups attached to an aromatic ring is 1. The lowest BCUT2D eigenvalue weighted by atomic mass is 10.1. The second-order valence-electron chi connectivity index (χ2n) is 5.15. The van der Waals surface area contributed by atoms with Gasteiger partial charge in [-0.1, -0.05) is 6.07 Å². The van der Waals surface area contributed by atoms with Crippen LogP contribution in [-0.2, 0) is 4.74 Å². The zero-order valence-electron chi connectivity index (χ0n) is 14.5. The fraction of sp³-hybridized carbons (Fsp3) is 0.235. The Kier molecular flexibility index (Phi) is 4.78. The number of methoxy groups -OCH3 is 2. The number of nitrogens with zero attached hydrogens (tertiary/aromatic N) is 4. The van der Waals surface area contributed by atoms with E-state index in [1.165, 1.54) is 14.2 Å². The molecule has 134 valence electrons. The van der Waals surface area contributed by atoms with Crippen LogP contribution >= 0.6 is 0 Å². The number of fused-ring (bicyclic) bond motifs is 1. The predicted molar refractivity (Wildman–Crippen MR) is 94.0 cm³/mol. The number of rotatable bonds is 5. The predicted octanol–water partition coefficient (Wildman–Crippen LogP) is 1.86. The third-order valence-electron chi connectivity index (χ3n) is 3.58. The van der Waals surface area contributed by atoms with Crippen LogP contribution in [0.15, 0.2) is 24.4 Å². The Morgan fingerprint density at radius 1 is 1.19 bits per heavy atom. The second-order valence-corrected chi connectivity index (χ2v) is 5.15. The molecule has 1 aromatic carbocycles. The maximum absolute atomic E-state index is 11.8. The zero-order valence-corrected chi connectivity index (χ0v) is 14.5. The fourth-order valence-corrected chi connectivity index (χ4v) is 2.40. The third-order valence-corrected chi connectivity index (χ3v) is 3.58. The van der Waals surface area contributed by atoms with E-state index in [1.54, 1.807) is 24.4 Å². The van der Waals surface area contributed by atoms with Gasteiger partial charge in [-0.25, -0.2) is 14.8 Å². The molecular weight excluding hydrogens is 338 g/mol. The highest BCUT2D eigenvalue weighted by molar-refractivity contribution is 5.93. The minimum absolute atomic E-state index is 0.0621. The summed E-state index contributed by atoms with van der Waals surface area (Å²) in [6.07, 6.45) is 1.55. The molecule has 0 aliphatic carbocycles. The lowest BCUT2D eigenvalue weighted by Gasteiger charge is -2.10. The van der Waals surface area contributed by atoms with Crippen molar-refractivity contribution in [3.8, 4) is 22.9 Å². The van der Waals surface area contributed by atoms with E-state index in [1.807, 2.05) is 6.92 Å². The van der Waals surface area contributed by atoms with E-state index in [4.69, 9.17) is 19.9 Å². The first kappa shape index (κ1) is 17.3. The van der Waals surface area contributed by atoms with Gasteiger partial charge in [-0.3, -0.25) is 0 Å². The van der Waals surface area contributed by atoms with E-state index in [0.29, 0.717) is 40.3 Å². The van der Waals surface area contributed by atoms with Crippen LogP contribution < -0.4 is 15.2 Å². The Labute approximate surface area is 149 Å². The monoisotopic (exact) mass is 355 g/mol. The summed E-state index contributed by atoms with van der Waals surface area (Å²) in [7, 11) is 2.78. The molecule has 2 N–H and O–H groups in total. The van der Waals surface area contributed by atoms with Gasteiger partial charge in [-0.2, -0.15) is 9.97 Å². The van der Waals surface area contributed by atoms with Gasteiger partial charge in [0, 0.05) is 5.56 Å². The number of carbonyl (C=O) groups is 1. The number of aromatic nitrogens is 4. The zero-order chi connectivity index (χ0) is 18.7. The van der Waals surface area contributed by atoms with E-state index in [2.05, 4.69) is 19.9 Å². The maximum Gasteiger partial charge on any atom is 0.341 e. The molecule has 0 saturated carbocycles. The molecule has 9 nitrogen and oxygen atoms in total. The molecule has 0 saturated heterocycles. The SMILES string of the molecule is CCOc1nc(N)nc2ncc(-c3ccc(C(=O)OC)c(OC)c3)nc12. The molecule has 0 bridgehead atoms. The standard InChI is InChI=1S/C17H17N5O4/c1-4-26-15-13-14(21-17(18)22-15)19-8-11(20-13)9-5-6-10(16(23)25-3)12(7-9)24-2/h5-8H,4H2,1-3H3,(H2,18,19,21,22). The van der Waals surface area contributed by atoms with Crippen LogP contribution in [0.5, 0.6) is 11.6 Å². The number of ether oxygens (including phenoxy) is 3. The van der Waals surface area contributed by atoms with Crippen LogP contribution in [0.25, 0.3) is 22.4 Å². The van der Waals surface area contributed by atoms with Gasteiger partial charge in [0.05, 0.1) is 32.7 Å². The summed E-state index contributed by atoms with van der Waals surface area (Å²) in [4.78, 5) is 28.7. The lowest BCUT2D eigenvalue weighted by Crippen LogP contribution is -2.05. The number of nitrogens with two attached hydrogens (primary N) is 1. The van der Waals surface area contributed by atoms with Gasteiger partial charge in [0.25, 0.3) is 0 Å². The first-order valence-corrected chi connectivity index (χ1v) is 7.77. The molecule has 0 spiro atoms. The highest BCUT2D eigenvalue weighted by atomic mass is 16.5. The molecule has 0 aliphatic heterocycles. The van der Waals surface area contributed by atoms with E-state index < -0.39 is 5.97 Å². The van der Waals surface area contributed by atoms with Crippen molar-refractivity contribution >= 4 is 23.1 Å². The molecule has 0 fully saturated rings. The Balaban J connectivity index is 2.12. The van der Waals surface area contributed by atoms with Crippen molar-refractivity contribution in [1.82, 2.24) is 19.9 Å². The average molecular weight is 355 g/mol. The van der Waals surface area contributed by atoms with Crippen LogP contribution in [-0.4, -0.2) is 46.7 Å². The molecule has 0 amide bonds. The molecular formula is C17H17N5O4. The van der Waals surface area contributed by atoms with Crippen molar-refractivity contribution in [2.75, 3.05) is 26.6 Å². The van der Waals surface area contributed by atoms with Crippen molar-refractivity contribution in [3.63, 3.8) is 0 Å². The van der Waals surface area contributed by atoms with Crippen molar-refractivity contribution in [1.29, 1.82) is 0 Å². The summed E-state index contributed by atoms with van der Waals surface area (Å²) < 4.78 is 15.5.